The van der Waals surface area contributed by atoms with Crippen LogP contribution in [0.5, 0.6) is 0 Å². The van der Waals surface area contributed by atoms with E-state index in [1.165, 1.54) is 57.6 Å². The van der Waals surface area contributed by atoms with E-state index >= 15 is 0 Å². The predicted molar refractivity (Wildman–Crippen MR) is 103 cm³/mol. The Morgan fingerprint density at radius 1 is 0.875 bits per heavy atom. The van der Waals surface area contributed by atoms with Gasteiger partial charge in [0, 0.05) is 6.42 Å². The van der Waals surface area contributed by atoms with Gasteiger partial charge >= 0.3 is 5.97 Å². The highest BCUT2D eigenvalue weighted by Crippen LogP contribution is 2.14. The fourth-order valence-electron chi connectivity index (χ4n) is 2.67. The molecule has 0 aliphatic heterocycles. The van der Waals surface area contributed by atoms with E-state index in [4.69, 9.17) is 10.5 Å². The Morgan fingerprint density at radius 3 is 1.67 bits per heavy atom. The van der Waals surface area contributed by atoms with Crippen molar-refractivity contribution in [1.82, 2.24) is 0 Å². The number of carboxylic acid groups (broad SMARTS) is 1. The van der Waals surface area contributed by atoms with Gasteiger partial charge in [-0.2, -0.15) is 0 Å². The zero-order chi connectivity index (χ0) is 18.5. The van der Waals surface area contributed by atoms with Crippen molar-refractivity contribution in [1.29, 1.82) is 5.41 Å². The van der Waals surface area contributed by atoms with E-state index in [1.807, 2.05) is 0 Å². The molecule has 0 radical (unpaired) electrons. The van der Waals surface area contributed by atoms with Crippen LogP contribution in [0.4, 0.5) is 0 Å². The molecule has 0 saturated carbocycles. The van der Waals surface area contributed by atoms with Crippen molar-refractivity contribution in [2.45, 2.75) is 116 Å². The molecule has 0 spiro atoms. The van der Waals surface area contributed by atoms with Gasteiger partial charge in [0.1, 0.15) is 0 Å². The van der Waals surface area contributed by atoms with Gasteiger partial charge < -0.3 is 15.6 Å². The van der Waals surface area contributed by atoms with Crippen molar-refractivity contribution >= 4 is 12.2 Å². The molecule has 0 amide bonds. The van der Waals surface area contributed by atoms with Crippen molar-refractivity contribution < 1.29 is 15.0 Å². The highest BCUT2D eigenvalue weighted by molar-refractivity contribution is 5.66. The molecule has 1 atom stereocenters. The molecule has 0 rings (SSSR count). The van der Waals surface area contributed by atoms with E-state index in [0.29, 0.717) is 6.42 Å². The number of aliphatic hydroxyl groups is 1. The normalized spacial score (nSPS) is 11.5. The molecule has 24 heavy (non-hydrogen) atoms. The number of aliphatic carboxylic acids is 1. The Bertz CT molecular complexity index is 270. The first-order valence-electron chi connectivity index (χ1n) is 9.93. The Labute approximate surface area is 149 Å². The van der Waals surface area contributed by atoms with Crippen LogP contribution in [0.25, 0.3) is 0 Å². The SMILES string of the molecule is CC=N.CCCCCCC(O)CCCCCCCCCCC(=O)O. The number of hydrogen-bond donors (Lipinski definition) is 3. The molecule has 0 bridgehead atoms. The molecular formula is C20H41NO3. The molecular weight excluding hydrogens is 302 g/mol. The second-order valence-electron chi connectivity index (χ2n) is 6.55. The summed E-state index contributed by atoms with van der Waals surface area (Å²) in [6, 6.07) is 0. The number of unbranched alkanes of at least 4 members (excludes halogenated alkanes) is 10. The lowest BCUT2D eigenvalue weighted by Gasteiger charge is -2.10. The highest BCUT2D eigenvalue weighted by Gasteiger charge is 2.03. The summed E-state index contributed by atoms with van der Waals surface area (Å²) in [6.07, 6.45) is 17.5. The standard InChI is InChI=1S/C18H36O3.C2H5N/c1-2-3-4-11-14-17(19)15-12-9-7-5-6-8-10-13-16-18(20)21;1-2-3/h17,19H,2-16H2,1H3,(H,20,21);2-3H,1H3. The second kappa shape index (κ2) is 22.1. The molecule has 4 nitrogen and oxygen atoms in total. The van der Waals surface area contributed by atoms with Crippen LogP contribution in [0.15, 0.2) is 0 Å². The Kier molecular flexibility index (Phi) is 23.3. The highest BCUT2D eigenvalue weighted by atomic mass is 16.4. The Hall–Kier alpha value is -0.900. The van der Waals surface area contributed by atoms with E-state index in [2.05, 4.69) is 6.92 Å². The maximum atomic E-state index is 10.3. The van der Waals surface area contributed by atoms with Crippen molar-refractivity contribution in [3.8, 4) is 0 Å². The number of hydrogen-bond acceptors (Lipinski definition) is 3. The van der Waals surface area contributed by atoms with E-state index in [1.54, 1.807) is 6.92 Å². The second-order valence-corrected chi connectivity index (χ2v) is 6.55. The van der Waals surface area contributed by atoms with E-state index in [-0.39, 0.29) is 6.10 Å². The minimum absolute atomic E-state index is 0.0853. The van der Waals surface area contributed by atoms with Crippen LogP contribution in [-0.4, -0.2) is 28.5 Å². The van der Waals surface area contributed by atoms with Gasteiger partial charge in [0.15, 0.2) is 0 Å². The van der Waals surface area contributed by atoms with Gasteiger partial charge in [0.25, 0.3) is 0 Å². The van der Waals surface area contributed by atoms with Gasteiger partial charge in [0.2, 0.25) is 0 Å². The summed E-state index contributed by atoms with van der Waals surface area (Å²) in [6.45, 7) is 3.88. The molecule has 0 saturated heterocycles. The smallest absolute Gasteiger partial charge is 0.303 e. The summed E-state index contributed by atoms with van der Waals surface area (Å²) in [5.41, 5.74) is 0. The fourth-order valence-corrected chi connectivity index (χ4v) is 2.67. The zero-order valence-electron chi connectivity index (χ0n) is 16.1. The lowest BCUT2D eigenvalue weighted by molar-refractivity contribution is -0.137. The molecule has 1 unspecified atom stereocenters. The summed E-state index contributed by atoms with van der Waals surface area (Å²) in [4.78, 5) is 10.3. The van der Waals surface area contributed by atoms with Crippen LogP contribution >= 0.6 is 0 Å². The van der Waals surface area contributed by atoms with E-state index in [0.717, 1.165) is 38.5 Å². The largest absolute Gasteiger partial charge is 0.481 e. The van der Waals surface area contributed by atoms with Gasteiger partial charge in [0.05, 0.1) is 6.10 Å². The van der Waals surface area contributed by atoms with Crippen LogP contribution < -0.4 is 0 Å². The quantitative estimate of drug-likeness (QED) is 0.239. The van der Waals surface area contributed by atoms with Gasteiger partial charge in [-0.05, 0) is 32.4 Å². The van der Waals surface area contributed by atoms with Gasteiger partial charge in [-0.15, -0.1) is 0 Å². The van der Waals surface area contributed by atoms with E-state index in [9.17, 15) is 9.90 Å². The molecule has 0 aromatic carbocycles. The average Bonchev–Trinajstić information content (AvgIpc) is 2.54. The molecule has 0 fully saturated rings. The minimum Gasteiger partial charge on any atom is -0.481 e. The van der Waals surface area contributed by atoms with Crippen LogP contribution in [0, 0.1) is 5.41 Å². The summed E-state index contributed by atoms with van der Waals surface area (Å²) < 4.78 is 0. The third-order valence-corrected chi connectivity index (χ3v) is 4.07. The topological polar surface area (TPSA) is 81.4 Å². The molecule has 4 heteroatoms. The monoisotopic (exact) mass is 343 g/mol. The number of rotatable bonds is 16. The third-order valence-electron chi connectivity index (χ3n) is 4.07. The number of carbonyl (C=O) groups is 1. The average molecular weight is 344 g/mol. The van der Waals surface area contributed by atoms with Crippen molar-refractivity contribution in [2.24, 2.45) is 0 Å². The van der Waals surface area contributed by atoms with Crippen molar-refractivity contribution in [2.75, 3.05) is 0 Å². The third kappa shape index (κ3) is 26.0. The molecule has 0 heterocycles. The van der Waals surface area contributed by atoms with Crippen molar-refractivity contribution in [3.63, 3.8) is 0 Å². The van der Waals surface area contributed by atoms with Crippen LogP contribution in [0.2, 0.25) is 0 Å². The van der Waals surface area contributed by atoms with Crippen LogP contribution in [0.1, 0.15) is 110 Å². The fraction of sp³-hybridized carbons (Fsp3) is 0.900. The molecule has 0 aromatic heterocycles. The summed E-state index contributed by atoms with van der Waals surface area (Å²) in [5.74, 6) is -0.678. The maximum Gasteiger partial charge on any atom is 0.303 e. The molecule has 3 N–H and O–H groups in total. The summed E-state index contributed by atoms with van der Waals surface area (Å²) in [5, 5.41) is 24.4. The maximum absolute atomic E-state index is 10.3. The van der Waals surface area contributed by atoms with Gasteiger partial charge in [-0.25, -0.2) is 0 Å². The Balaban J connectivity index is 0. The first kappa shape index (κ1) is 25.3. The van der Waals surface area contributed by atoms with E-state index < -0.39 is 5.97 Å². The van der Waals surface area contributed by atoms with Gasteiger partial charge in [-0.1, -0.05) is 77.6 Å². The predicted octanol–water partition coefficient (Wildman–Crippen LogP) is 5.96. The number of nitrogens with one attached hydrogen (secondary N) is 1. The number of aliphatic hydroxyl groups excluding tert-OH is 1. The van der Waals surface area contributed by atoms with Crippen LogP contribution in [0.3, 0.4) is 0 Å². The summed E-state index contributed by atoms with van der Waals surface area (Å²) in [7, 11) is 0. The minimum atomic E-state index is -0.678. The Morgan fingerprint density at radius 2 is 1.25 bits per heavy atom. The zero-order valence-corrected chi connectivity index (χ0v) is 16.1. The molecule has 0 aliphatic carbocycles. The first-order valence-corrected chi connectivity index (χ1v) is 9.93. The number of carboxylic acids is 1. The molecule has 144 valence electrons. The summed E-state index contributed by atoms with van der Waals surface area (Å²) >= 11 is 0. The van der Waals surface area contributed by atoms with Gasteiger partial charge in [-0.3, -0.25) is 4.79 Å². The lowest BCUT2D eigenvalue weighted by Crippen LogP contribution is -2.05. The first-order chi connectivity index (χ1) is 11.6. The van der Waals surface area contributed by atoms with Crippen LogP contribution in [-0.2, 0) is 4.79 Å². The molecule has 0 aliphatic rings. The molecule has 0 aromatic rings. The van der Waals surface area contributed by atoms with Crippen molar-refractivity contribution in [3.05, 3.63) is 0 Å². The lowest BCUT2D eigenvalue weighted by atomic mass is 10.0.